The first-order valence-corrected chi connectivity index (χ1v) is 17.9. The van der Waals surface area contributed by atoms with Gasteiger partial charge in [-0.15, -0.1) is 0 Å². The maximum absolute atomic E-state index is 6.49. The molecule has 2 aliphatic heterocycles. The van der Waals surface area contributed by atoms with Gasteiger partial charge in [0, 0.05) is 22.2 Å². The highest BCUT2D eigenvalue weighted by Crippen LogP contribution is 2.61. The van der Waals surface area contributed by atoms with Crippen LogP contribution < -0.4 is 14.5 Å². The molecule has 248 valence electrons. The third kappa shape index (κ3) is 4.66. The number of hydrogen-bond acceptors (Lipinski definition) is 3. The number of fused-ring (bicyclic) bond motifs is 5. The molecule has 0 atom stereocenters. The van der Waals surface area contributed by atoms with Gasteiger partial charge in [0.2, 0.25) is 0 Å². The van der Waals surface area contributed by atoms with E-state index >= 15 is 0 Å². The Morgan fingerprint density at radius 1 is 0.500 bits per heavy atom. The zero-order valence-electron chi connectivity index (χ0n) is 29.1. The third-order valence-corrected chi connectivity index (χ3v) is 10.8. The minimum absolute atomic E-state index is 0.290. The summed E-state index contributed by atoms with van der Waals surface area (Å²) in [6.45, 7) is 4.70. The summed E-state index contributed by atoms with van der Waals surface area (Å²) < 4.78 is 6.49. The van der Waals surface area contributed by atoms with Crippen LogP contribution in [0.1, 0.15) is 25.0 Å². The van der Waals surface area contributed by atoms with Crippen molar-refractivity contribution in [3.63, 3.8) is 0 Å². The number of anilines is 6. The van der Waals surface area contributed by atoms with Crippen LogP contribution in [0.15, 0.2) is 182 Å². The lowest BCUT2D eigenvalue weighted by Gasteiger charge is -2.45. The van der Waals surface area contributed by atoms with Crippen LogP contribution in [0.25, 0.3) is 33.0 Å². The van der Waals surface area contributed by atoms with Crippen LogP contribution in [-0.4, -0.2) is 0 Å². The SMILES string of the molecule is CC1(C)c2cccc3c2N(c2ccccc2O3)c2cccc(-c3cccc(N(c4ccc(-c5ccccc5)cc4)c4cccc5ccccc45)c3)c21. The molecule has 0 aliphatic carbocycles. The van der Waals surface area contributed by atoms with Crippen molar-refractivity contribution in [2.24, 2.45) is 0 Å². The zero-order valence-corrected chi connectivity index (χ0v) is 29.1. The van der Waals surface area contributed by atoms with Crippen LogP contribution in [0.3, 0.4) is 0 Å². The molecular formula is C49H36N2O. The van der Waals surface area contributed by atoms with Crippen LogP contribution >= 0.6 is 0 Å². The van der Waals surface area contributed by atoms with E-state index in [9.17, 15) is 0 Å². The van der Waals surface area contributed by atoms with Crippen LogP contribution in [0.5, 0.6) is 11.5 Å². The van der Waals surface area contributed by atoms with Crippen LogP contribution in [0.2, 0.25) is 0 Å². The normalized spacial score (nSPS) is 13.5. The first-order chi connectivity index (χ1) is 25.6. The van der Waals surface area contributed by atoms with Crippen molar-refractivity contribution in [3.8, 4) is 33.8 Å². The Bertz CT molecular complexity index is 2640. The van der Waals surface area contributed by atoms with E-state index in [0.717, 1.165) is 39.9 Å². The fourth-order valence-electron chi connectivity index (χ4n) is 8.39. The second kappa shape index (κ2) is 11.8. The van der Waals surface area contributed by atoms with Crippen molar-refractivity contribution in [2.45, 2.75) is 19.3 Å². The summed E-state index contributed by atoms with van der Waals surface area (Å²) in [5.41, 5.74) is 13.8. The molecule has 0 aromatic heterocycles. The van der Waals surface area contributed by atoms with E-state index in [1.807, 2.05) is 6.07 Å². The third-order valence-electron chi connectivity index (χ3n) is 10.8. The Kier molecular flexibility index (Phi) is 6.84. The number of rotatable bonds is 5. The van der Waals surface area contributed by atoms with Crippen molar-refractivity contribution < 1.29 is 4.74 Å². The molecule has 2 heterocycles. The smallest absolute Gasteiger partial charge is 0.151 e. The Hall–Kier alpha value is -6.58. The average molecular weight is 669 g/mol. The van der Waals surface area contributed by atoms with E-state index in [1.54, 1.807) is 0 Å². The molecule has 0 fully saturated rings. The van der Waals surface area contributed by atoms with Gasteiger partial charge in [-0.1, -0.05) is 141 Å². The summed E-state index contributed by atoms with van der Waals surface area (Å²) in [6.07, 6.45) is 0. The monoisotopic (exact) mass is 668 g/mol. The zero-order chi connectivity index (χ0) is 34.8. The van der Waals surface area contributed by atoms with Gasteiger partial charge in [0.05, 0.1) is 22.7 Å². The van der Waals surface area contributed by atoms with Gasteiger partial charge in [0.1, 0.15) is 0 Å². The van der Waals surface area contributed by atoms with Gasteiger partial charge in [-0.3, -0.25) is 0 Å². The molecule has 2 aliphatic rings. The molecule has 0 saturated heterocycles. The Balaban J connectivity index is 1.16. The lowest BCUT2D eigenvalue weighted by atomic mass is 9.70. The van der Waals surface area contributed by atoms with Crippen LogP contribution in [0, 0.1) is 0 Å². The quantitative estimate of drug-likeness (QED) is 0.182. The van der Waals surface area contributed by atoms with E-state index in [1.165, 1.54) is 49.8 Å². The molecule has 0 amide bonds. The van der Waals surface area contributed by atoms with Crippen molar-refractivity contribution in [1.82, 2.24) is 0 Å². The van der Waals surface area contributed by atoms with Gasteiger partial charge in [0.25, 0.3) is 0 Å². The molecule has 0 saturated carbocycles. The largest absolute Gasteiger partial charge is 0.453 e. The summed E-state index contributed by atoms with van der Waals surface area (Å²) >= 11 is 0. The Labute approximate surface area is 304 Å². The van der Waals surface area contributed by atoms with Gasteiger partial charge in [-0.2, -0.15) is 0 Å². The topological polar surface area (TPSA) is 15.7 Å². The van der Waals surface area contributed by atoms with E-state index in [-0.39, 0.29) is 5.41 Å². The standard InChI is InChI=1S/C49H36N2O/c1-49(2)41-22-13-27-46-48(41)51(43-23-8-9-26-45(43)52-46)44-25-12-21-40(47(44)49)36-18-10-19-38(32-36)50(42-24-11-17-35-16-6-7-20-39(35)42)37-30-28-34(29-31-37)33-14-4-3-5-15-33/h3-32H,1-2H3. The predicted octanol–water partition coefficient (Wildman–Crippen LogP) is 13.9. The first kappa shape index (κ1) is 30.3. The molecule has 0 unspecified atom stereocenters. The lowest BCUT2D eigenvalue weighted by Crippen LogP contribution is -2.32. The molecule has 0 N–H and O–H groups in total. The molecule has 10 rings (SSSR count). The van der Waals surface area contributed by atoms with Crippen LogP contribution in [0.4, 0.5) is 34.1 Å². The molecule has 52 heavy (non-hydrogen) atoms. The summed E-state index contributed by atoms with van der Waals surface area (Å²) in [5.74, 6) is 1.76. The molecule has 0 bridgehead atoms. The minimum Gasteiger partial charge on any atom is -0.453 e. The van der Waals surface area contributed by atoms with Gasteiger partial charge in [-0.05, 0) is 93.4 Å². The van der Waals surface area contributed by atoms with Gasteiger partial charge in [-0.25, -0.2) is 0 Å². The molecule has 3 nitrogen and oxygen atoms in total. The number of benzene rings is 8. The Morgan fingerprint density at radius 2 is 1.15 bits per heavy atom. The van der Waals surface area contributed by atoms with Crippen molar-refractivity contribution >= 4 is 44.9 Å². The lowest BCUT2D eigenvalue weighted by molar-refractivity contribution is 0.471. The number of para-hydroxylation sites is 3. The van der Waals surface area contributed by atoms with E-state index in [2.05, 4.69) is 200 Å². The summed E-state index contributed by atoms with van der Waals surface area (Å²) in [5, 5.41) is 2.42. The number of hydrogen-bond donors (Lipinski definition) is 0. The molecular weight excluding hydrogens is 633 g/mol. The van der Waals surface area contributed by atoms with Gasteiger partial charge >= 0.3 is 0 Å². The minimum atomic E-state index is -0.290. The Morgan fingerprint density at radius 3 is 2.04 bits per heavy atom. The highest BCUT2D eigenvalue weighted by molar-refractivity contribution is 6.00. The second-order valence-corrected chi connectivity index (χ2v) is 14.2. The summed E-state index contributed by atoms with van der Waals surface area (Å²) in [6, 6.07) is 65.4. The average Bonchev–Trinajstić information content (AvgIpc) is 3.20. The van der Waals surface area contributed by atoms with Crippen LogP contribution in [-0.2, 0) is 5.41 Å². The maximum Gasteiger partial charge on any atom is 0.151 e. The highest BCUT2D eigenvalue weighted by Gasteiger charge is 2.42. The fraction of sp³-hybridized carbons (Fsp3) is 0.0612. The van der Waals surface area contributed by atoms with Crippen molar-refractivity contribution in [1.29, 1.82) is 0 Å². The molecule has 8 aromatic rings. The van der Waals surface area contributed by atoms with Crippen molar-refractivity contribution in [3.05, 3.63) is 193 Å². The predicted molar refractivity (Wildman–Crippen MR) is 216 cm³/mol. The fourth-order valence-corrected chi connectivity index (χ4v) is 8.39. The maximum atomic E-state index is 6.49. The summed E-state index contributed by atoms with van der Waals surface area (Å²) in [7, 11) is 0. The van der Waals surface area contributed by atoms with Gasteiger partial charge < -0.3 is 14.5 Å². The highest BCUT2D eigenvalue weighted by atomic mass is 16.5. The molecule has 3 heteroatoms. The van der Waals surface area contributed by atoms with Crippen molar-refractivity contribution in [2.75, 3.05) is 9.80 Å². The van der Waals surface area contributed by atoms with E-state index < -0.39 is 0 Å². The first-order valence-electron chi connectivity index (χ1n) is 17.9. The summed E-state index contributed by atoms with van der Waals surface area (Å²) in [4.78, 5) is 4.81. The van der Waals surface area contributed by atoms with E-state index in [4.69, 9.17) is 4.74 Å². The number of ether oxygens (including phenoxy) is 1. The van der Waals surface area contributed by atoms with Gasteiger partial charge in [0.15, 0.2) is 11.5 Å². The molecule has 0 radical (unpaired) electrons. The molecule has 8 aromatic carbocycles. The molecule has 0 spiro atoms. The van der Waals surface area contributed by atoms with E-state index in [0.29, 0.717) is 0 Å². The second-order valence-electron chi connectivity index (χ2n) is 14.2. The number of nitrogens with zero attached hydrogens (tertiary/aromatic N) is 2.